The van der Waals surface area contributed by atoms with Gasteiger partial charge in [0.25, 0.3) is 0 Å². The summed E-state index contributed by atoms with van der Waals surface area (Å²) in [6.07, 6.45) is 1.50. The molecule has 0 spiro atoms. The molecule has 0 fully saturated rings. The second-order valence-electron chi connectivity index (χ2n) is 5.30. The van der Waals surface area contributed by atoms with Crippen molar-refractivity contribution in [2.24, 2.45) is 11.1 Å². The fourth-order valence-corrected chi connectivity index (χ4v) is 1.55. The number of rotatable bonds is 4. The predicted molar refractivity (Wildman–Crippen MR) is 75.4 cm³/mol. The smallest absolute Gasteiger partial charge is 0.231 e. The van der Waals surface area contributed by atoms with Crippen molar-refractivity contribution in [2.45, 2.75) is 20.8 Å². The van der Waals surface area contributed by atoms with Crippen LogP contribution in [0.2, 0.25) is 0 Å². The highest BCUT2D eigenvalue weighted by molar-refractivity contribution is 5.95. The molecule has 1 aromatic carbocycles. The molecule has 7 heteroatoms. The molecule has 106 valence electrons. The Labute approximate surface area is 117 Å². The maximum absolute atomic E-state index is 12.2. The first-order chi connectivity index (χ1) is 9.44. The largest absolute Gasteiger partial charge is 0.329 e. The number of nitrogens with zero attached hydrogens (tertiary/aromatic N) is 4. The van der Waals surface area contributed by atoms with Gasteiger partial charge >= 0.3 is 0 Å². The minimum absolute atomic E-state index is 0.114. The molecule has 1 amide bonds. The Morgan fingerprint density at radius 2 is 2.20 bits per heavy atom. The molecule has 2 aromatic rings. The number of benzene rings is 1. The summed E-state index contributed by atoms with van der Waals surface area (Å²) < 4.78 is 1.53. The normalized spacial score (nSPS) is 11.4. The lowest BCUT2D eigenvalue weighted by molar-refractivity contribution is -0.123. The SMILES string of the molecule is Cc1ccc(-n2cnnn2)cc1NC(=O)C(C)(C)CN. The van der Waals surface area contributed by atoms with Crippen LogP contribution in [0.25, 0.3) is 5.69 Å². The third kappa shape index (κ3) is 2.83. The molecule has 2 rings (SSSR count). The van der Waals surface area contributed by atoms with Crippen LogP contribution in [0.5, 0.6) is 0 Å². The Bertz CT molecular complexity index is 605. The van der Waals surface area contributed by atoms with Gasteiger partial charge in [0, 0.05) is 12.2 Å². The van der Waals surface area contributed by atoms with Crippen molar-refractivity contribution in [3.05, 3.63) is 30.1 Å². The van der Waals surface area contributed by atoms with Gasteiger partial charge in [0.2, 0.25) is 5.91 Å². The maximum Gasteiger partial charge on any atom is 0.231 e. The van der Waals surface area contributed by atoms with Gasteiger partial charge in [0.05, 0.1) is 11.1 Å². The lowest BCUT2D eigenvalue weighted by Crippen LogP contribution is -2.37. The molecule has 0 atom stereocenters. The molecule has 0 aliphatic carbocycles. The van der Waals surface area contributed by atoms with Crippen molar-refractivity contribution in [1.82, 2.24) is 20.2 Å². The summed E-state index contributed by atoms with van der Waals surface area (Å²) in [5.41, 5.74) is 7.47. The highest BCUT2D eigenvalue weighted by Gasteiger charge is 2.26. The van der Waals surface area contributed by atoms with Gasteiger partial charge in [-0.1, -0.05) is 6.07 Å². The van der Waals surface area contributed by atoms with Gasteiger partial charge < -0.3 is 11.1 Å². The number of hydrogen-bond donors (Lipinski definition) is 2. The van der Waals surface area contributed by atoms with E-state index >= 15 is 0 Å². The fraction of sp³-hybridized carbons (Fsp3) is 0.385. The molecule has 7 nitrogen and oxygen atoms in total. The van der Waals surface area contributed by atoms with Gasteiger partial charge in [-0.3, -0.25) is 4.79 Å². The number of anilines is 1. The molecular weight excluding hydrogens is 256 g/mol. The van der Waals surface area contributed by atoms with Crippen molar-refractivity contribution < 1.29 is 4.79 Å². The monoisotopic (exact) mass is 274 g/mol. The molecular formula is C13H18N6O. The van der Waals surface area contributed by atoms with Crippen molar-refractivity contribution >= 4 is 11.6 Å². The van der Waals surface area contributed by atoms with E-state index in [9.17, 15) is 4.79 Å². The average Bonchev–Trinajstić information content (AvgIpc) is 2.95. The Morgan fingerprint density at radius 3 is 2.80 bits per heavy atom. The van der Waals surface area contributed by atoms with Crippen LogP contribution in [0, 0.1) is 12.3 Å². The van der Waals surface area contributed by atoms with Gasteiger partial charge in [-0.15, -0.1) is 5.10 Å². The second kappa shape index (κ2) is 5.38. The van der Waals surface area contributed by atoms with E-state index in [0.717, 1.165) is 16.9 Å². The zero-order valence-corrected chi connectivity index (χ0v) is 11.8. The van der Waals surface area contributed by atoms with E-state index in [-0.39, 0.29) is 12.5 Å². The Hall–Kier alpha value is -2.28. The van der Waals surface area contributed by atoms with Crippen LogP contribution < -0.4 is 11.1 Å². The number of hydrogen-bond acceptors (Lipinski definition) is 5. The predicted octanol–water partition coefficient (Wildman–Crippen LogP) is 0.894. The van der Waals surface area contributed by atoms with Crippen LogP contribution in [0.4, 0.5) is 5.69 Å². The summed E-state index contributed by atoms with van der Waals surface area (Å²) in [6, 6.07) is 5.62. The van der Waals surface area contributed by atoms with E-state index in [1.54, 1.807) is 0 Å². The Kier molecular flexibility index (Phi) is 3.80. The average molecular weight is 274 g/mol. The summed E-state index contributed by atoms with van der Waals surface area (Å²) in [5.74, 6) is -0.114. The van der Waals surface area contributed by atoms with E-state index in [2.05, 4.69) is 20.8 Å². The summed E-state index contributed by atoms with van der Waals surface area (Å²) in [6.45, 7) is 5.82. The summed E-state index contributed by atoms with van der Waals surface area (Å²) >= 11 is 0. The maximum atomic E-state index is 12.2. The van der Waals surface area contributed by atoms with Crippen LogP contribution in [0.15, 0.2) is 24.5 Å². The van der Waals surface area contributed by atoms with Crippen LogP contribution in [-0.2, 0) is 4.79 Å². The van der Waals surface area contributed by atoms with E-state index in [1.165, 1.54) is 11.0 Å². The lowest BCUT2D eigenvalue weighted by Gasteiger charge is -2.22. The van der Waals surface area contributed by atoms with E-state index in [4.69, 9.17) is 5.73 Å². The molecule has 0 aliphatic heterocycles. The van der Waals surface area contributed by atoms with Gasteiger partial charge in [-0.2, -0.15) is 0 Å². The lowest BCUT2D eigenvalue weighted by atomic mass is 9.92. The summed E-state index contributed by atoms with van der Waals surface area (Å²) in [4.78, 5) is 12.2. The minimum atomic E-state index is -0.614. The van der Waals surface area contributed by atoms with Crippen molar-refractivity contribution in [1.29, 1.82) is 0 Å². The molecule has 0 saturated heterocycles. The molecule has 20 heavy (non-hydrogen) atoms. The standard InChI is InChI=1S/C13H18N6O/c1-9-4-5-10(19-8-15-17-18-19)6-11(9)16-12(20)13(2,3)7-14/h4-6,8H,7,14H2,1-3H3,(H,16,20). The first kappa shape index (κ1) is 14.1. The summed E-state index contributed by atoms with van der Waals surface area (Å²) in [5, 5.41) is 13.9. The van der Waals surface area contributed by atoms with Crippen molar-refractivity contribution in [2.75, 3.05) is 11.9 Å². The zero-order valence-electron chi connectivity index (χ0n) is 11.8. The van der Waals surface area contributed by atoms with E-state index < -0.39 is 5.41 Å². The molecule has 0 unspecified atom stereocenters. The van der Waals surface area contributed by atoms with Crippen LogP contribution in [-0.4, -0.2) is 32.7 Å². The number of aromatic nitrogens is 4. The minimum Gasteiger partial charge on any atom is -0.329 e. The number of aryl methyl sites for hydroxylation is 1. The Morgan fingerprint density at radius 1 is 1.45 bits per heavy atom. The molecule has 1 heterocycles. The van der Waals surface area contributed by atoms with Gasteiger partial charge in [-0.05, 0) is 48.9 Å². The van der Waals surface area contributed by atoms with Crippen molar-refractivity contribution in [3.8, 4) is 5.69 Å². The summed E-state index contributed by atoms with van der Waals surface area (Å²) in [7, 11) is 0. The third-order valence-corrected chi connectivity index (χ3v) is 3.21. The third-order valence-electron chi connectivity index (χ3n) is 3.21. The highest BCUT2D eigenvalue weighted by Crippen LogP contribution is 2.22. The number of carbonyl (C=O) groups is 1. The van der Waals surface area contributed by atoms with Crippen LogP contribution >= 0.6 is 0 Å². The van der Waals surface area contributed by atoms with Gasteiger partial charge in [0.15, 0.2) is 0 Å². The molecule has 0 saturated carbocycles. The number of nitrogens with two attached hydrogens (primary N) is 1. The Balaban J connectivity index is 2.28. The van der Waals surface area contributed by atoms with E-state index in [0.29, 0.717) is 0 Å². The van der Waals surface area contributed by atoms with Crippen molar-refractivity contribution in [3.63, 3.8) is 0 Å². The van der Waals surface area contributed by atoms with Gasteiger partial charge in [0.1, 0.15) is 6.33 Å². The molecule has 0 aliphatic rings. The van der Waals surface area contributed by atoms with Gasteiger partial charge in [-0.25, -0.2) is 4.68 Å². The quantitative estimate of drug-likeness (QED) is 0.862. The first-order valence-electron chi connectivity index (χ1n) is 6.29. The van der Waals surface area contributed by atoms with Crippen LogP contribution in [0.3, 0.4) is 0 Å². The zero-order chi connectivity index (χ0) is 14.8. The van der Waals surface area contributed by atoms with E-state index in [1.807, 2.05) is 39.0 Å². The molecule has 3 N–H and O–H groups in total. The number of tetrazole rings is 1. The number of nitrogens with one attached hydrogen (secondary N) is 1. The highest BCUT2D eigenvalue weighted by atomic mass is 16.2. The fourth-order valence-electron chi connectivity index (χ4n) is 1.55. The molecule has 0 bridgehead atoms. The topological polar surface area (TPSA) is 98.7 Å². The molecule has 0 radical (unpaired) electrons. The van der Waals surface area contributed by atoms with Crippen LogP contribution in [0.1, 0.15) is 19.4 Å². The first-order valence-corrected chi connectivity index (χ1v) is 6.29. The number of amides is 1. The molecule has 1 aromatic heterocycles. The second-order valence-corrected chi connectivity index (χ2v) is 5.30. The number of carbonyl (C=O) groups excluding carboxylic acids is 1.